The molecule has 1 heterocycles. The zero-order valence-electron chi connectivity index (χ0n) is 13.2. The van der Waals surface area contributed by atoms with Gasteiger partial charge in [-0.2, -0.15) is 0 Å². The van der Waals surface area contributed by atoms with Gasteiger partial charge >= 0.3 is 0 Å². The Morgan fingerprint density at radius 3 is 2.74 bits per heavy atom. The minimum Gasteiger partial charge on any atom is -0.497 e. The molecule has 0 bridgehead atoms. The summed E-state index contributed by atoms with van der Waals surface area (Å²) < 4.78 is 7.18. The highest BCUT2D eigenvalue weighted by Crippen LogP contribution is 2.32. The standard InChI is InChI=1S/C20H19NO2/c1-23-15-8-6-7-14(13-15)20(22)21-18-11-4-2-9-16(18)17-10-3-5-12-19(17)21/h2,4,6-9,11,13H,3,5,10,12H2,1H3. The van der Waals surface area contributed by atoms with Crippen LogP contribution in [-0.4, -0.2) is 17.6 Å². The highest BCUT2D eigenvalue weighted by atomic mass is 16.5. The van der Waals surface area contributed by atoms with Crippen molar-refractivity contribution in [3.63, 3.8) is 0 Å². The Kier molecular flexibility index (Phi) is 3.41. The molecule has 0 saturated heterocycles. The lowest BCUT2D eigenvalue weighted by atomic mass is 9.95. The van der Waals surface area contributed by atoms with Gasteiger partial charge in [-0.05, 0) is 55.5 Å². The normalized spacial score (nSPS) is 13.8. The molecule has 1 aromatic heterocycles. The fourth-order valence-electron chi connectivity index (χ4n) is 3.61. The fourth-order valence-corrected chi connectivity index (χ4v) is 3.61. The molecule has 0 atom stereocenters. The molecule has 0 amide bonds. The zero-order valence-corrected chi connectivity index (χ0v) is 13.2. The summed E-state index contributed by atoms with van der Waals surface area (Å²) in [4.78, 5) is 13.2. The minimum absolute atomic E-state index is 0.0308. The Morgan fingerprint density at radius 2 is 1.87 bits per heavy atom. The number of hydrogen-bond acceptors (Lipinski definition) is 2. The number of carbonyl (C=O) groups is 1. The molecule has 2 aromatic carbocycles. The van der Waals surface area contributed by atoms with E-state index in [9.17, 15) is 4.79 Å². The van der Waals surface area contributed by atoms with Crippen LogP contribution >= 0.6 is 0 Å². The summed E-state index contributed by atoms with van der Waals surface area (Å²) in [5, 5.41) is 1.22. The van der Waals surface area contributed by atoms with E-state index in [1.807, 2.05) is 41.0 Å². The molecule has 3 nitrogen and oxygen atoms in total. The van der Waals surface area contributed by atoms with E-state index in [1.165, 1.54) is 23.1 Å². The van der Waals surface area contributed by atoms with Crippen LogP contribution in [-0.2, 0) is 12.8 Å². The number of carbonyl (C=O) groups excluding carboxylic acids is 1. The van der Waals surface area contributed by atoms with E-state index in [0.29, 0.717) is 11.3 Å². The van der Waals surface area contributed by atoms with Gasteiger partial charge in [-0.3, -0.25) is 9.36 Å². The molecule has 0 aliphatic heterocycles. The summed E-state index contributed by atoms with van der Waals surface area (Å²) in [6, 6.07) is 15.6. The van der Waals surface area contributed by atoms with E-state index in [-0.39, 0.29) is 5.91 Å². The molecule has 1 aliphatic rings. The summed E-state index contributed by atoms with van der Waals surface area (Å²) in [7, 11) is 1.62. The quantitative estimate of drug-likeness (QED) is 0.710. The topological polar surface area (TPSA) is 31.2 Å². The maximum Gasteiger partial charge on any atom is 0.262 e. The number of aryl methyl sites for hydroxylation is 1. The lowest BCUT2D eigenvalue weighted by Crippen LogP contribution is -2.17. The SMILES string of the molecule is COc1cccc(C(=O)n2c3c(c4ccccc42)CCCC3)c1. The molecule has 4 rings (SSSR count). The third kappa shape index (κ3) is 2.24. The predicted octanol–water partition coefficient (Wildman–Crippen LogP) is 4.22. The van der Waals surface area contributed by atoms with Gasteiger partial charge in [0.15, 0.2) is 0 Å². The molecule has 0 fully saturated rings. The van der Waals surface area contributed by atoms with Crippen molar-refractivity contribution in [2.45, 2.75) is 25.7 Å². The van der Waals surface area contributed by atoms with Crippen LogP contribution in [0.25, 0.3) is 10.9 Å². The Balaban J connectivity index is 1.92. The Hall–Kier alpha value is -2.55. The van der Waals surface area contributed by atoms with Crippen molar-refractivity contribution in [3.8, 4) is 5.75 Å². The second kappa shape index (κ2) is 5.58. The number of hydrogen-bond donors (Lipinski definition) is 0. The lowest BCUT2D eigenvalue weighted by molar-refractivity contribution is 0.0961. The summed E-state index contributed by atoms with van der Waals surface area (Å²) in [5.41, 5.74) is 4.22. The first-order valence-electron chi connectivity index (χ1n) is 8.09. The zero-order chi connectivity index (χ0) is 15.8. The number of aromatic nitrogens is 1. The van der Waals surface area contributed by atoms with Crippen LogP contribution in [0, 0.1) is 0 Å². The van der Waals surface area contributed by atoms with Crippen molar-refractivity contribution in [1.82, 2.24) is 4.57 Å². The second-order valence-corrected chi connectivity index (χ2v) is 6.02. The Morgan fingerprint density at radius 1 is 1.04 bits per heavy atom. The summed E-state index contributed by atoms with van der Waals surface area (Å²) >= 11 is 0. The van der Waals surface area contributed by atoms with Gasteiger partial charge in [0.25, 0.3) is 5.91 Å². The van der Waals surface area contributed by atoms with Crippen molar-refractivity contribution in [1.29, 1.82) is 0 Å². The van der Waals surface area contributed by atoms with Gasteiger partial charge < -0.3 is 4.74 Å². The molecule has 1 aliphatic carbocycles. The van der Waals surface area contributed by atoms with E-state index in [0.717, 1.165) is 24.8 Å². The first-order chi connectivity index (χ1) is 11.3. The number of nitrogens with zero attached hydrogens (tertiary/aromatic N) is 1. The van der Waals surface area contributed by atoms with Crippen LogP contribution in [0.15, 0.2) is 48.5 Å². The van der Waals surface area contributed by atoms with Crippen molar-refractivity contribution in [3.05, 3.63) is 65.4 Å². The van der Waals surface area contributed by atoms with E-state index in [2.05, 4.69) is 12.1 Å². The number of methoxy groups -OCH3 is 1. The summed E-state index contributed by atoms with van der Waals surface area (Å²) in [6.45, 7) is 0. The first kappa shape index (κ1) is 14.1. The number of rotatable bonds is 2. The maximum absolute atomic E-state index is 13.2. The number of ether oxygens (including phenoxy) is 1. The van der Waals surface area contributed by atoms with Gasteiger partial charge in [0, 0.05) is 16.6 Å². The van der Waals surface area contributed by atoms with Gasteiger partial charge in [-0.1, -0.05) is 24.3 Å². The van der Waals surface area contributed by atoms with Crippen LogP contribution in [0.1, 0.15) is 34.5 Å². The third-order valence-corrected chi connectivity index (χ3v) is 4.70. The maximum atomic E-state index is 13.2. The molecule has 0 unspecified atom stereocenters. The third-order valence-electron chi connectivity index (χ3n) is 4.70. The number of benzene rings is 2. The van der Waals surface area contributed by atoms with E-state index >= 15 is 0 Å². The van der Waals surface area contributed by atoms with E-state index < -0.39 is 0 Å². The van der Waals surface area contributed by atoms with Crippen LogP contribution in [0.5, 0.6) is 5.75 Å². The number of para-hydroxylation sites is 1. The molecular formula is C20H19NO2. The molecule has 0 saturated carbocycles. The van der Waals surface area contributed by atoms with Crippen molar-refractivity contribution < 1.29 is 9.53 Å². The molecule has 0 radical (unpaired) electrons. The molecule has 23 heavy (non-hydrogen) atoms. The first-order valence-corrected chi connectivity index (χ1v) is 8.09. The van der Waals surface area contributed by atoms with Crippen LogP contribution in [0.2, 0.25) is 0 Å². The van der Waals surface area contributed by atoms with Crippen molar-refractivity contribution in [2.75, 3.05) is 7.11 Å². The molecule has 3 aromatic rings. The summed E-state index contributed by atoms with van der Waals surface area (Å²) in [5.74, 6) is 0.740. The molecular weight excluding hydrogens is 286 g/mol. The van der Waals surface area contributed by atoms with Gasteiger partial charge in [0.1, 0.15) is 5.75 Å². The van der Waals surface area contributed by atoms with E-state index in [1.54, 1.807) is 7.11 Å². The smallest absolute Gasteiger partial charge is 0.262 e. The second-order valence-electron chi connectivity index (χ2n) is 6.02. The average molecular weight is 305 g/mol. The van der Waals surface area contributed by atoms with Crippen molar-refractivity contribution in [2.24, 2.45) is 0 Å². The lowest BCUT2D eigenvalue weighted by Gasteiger charge is -2.15. The number of fused-ring (bicyclic) bond motifs is 3. The highest BCUT2D eigenvalue weighted by molar-refractivity contribution is 6.04. The molecule has 116 valence electrons. The van der Waals surface area contributed by atoms with Crippen LogP contribution in [0.4, 0.5) is 0 Å². The Labute approximate surface area is 135 Å². The fraction of sp³-hybridized carbons (Fsp3) is 0.250. The highest BCUT2D eigenvalue weighted by Gasteiger charge is 2.23. The molecule has 0 spiro atoms. The van der Waals surface area contributed by atoms with Gasteiger partial charge in [-0.25, -0.2) is 0 Å². The van der Waals surface area contributed by atoms with Gasteiger partial charge in [0.05, 0.1) is 12.6 Å². The molecule has 0 N–H and O–H groups in total. The van der Waals surface area contributed by atoms with Gasteiger partial charge in [0.2, 0.25) is 0 Å². The minimum atomic E-state index is 0.0308. The predicted molar refractivity (Wildman–Crippen MR) is 91.3 cm³/mol. The monoisotopic (exact) mass is 305 g/mol. The van der Waals surface area contributed by atoms with E-state index in [4.69, 9.17) is 4.74 Å². The van der Waals surface area contributed by atoms with Gasteiger partial charge in [-0.15, -0.1) is 0 Å². The van der Waals surface area contributed by atoms with Crippen LogP contribution < -0.4 is 4.74 Å². The average Bonchev–Trinajstić information content (AvgIpc) is 2.96. The van der Waals surface area contributed by atoms with Crippen molar-refractivity contribution >= 4 is 16.8 Å². The Bertz CT molecular complexity index is 892. The largest absolute Gasteiger partial charge is 0.497 e. The van der Waals surface area contributed by atoms with Crippen LogP contribution in [0.3, 0.4) is 0 Å². The summed E-state index contributed by atoms with van der Waals surface area (Å²) in [6.07, 6.45) is 4.39. The molecule has 3 heteroatoms.